The number of aromatic nitrogens is 2. The van der Waals surface area contributed by atoms with E-state index < -0.39 is 0 Å². The Morgan fingerprint density at radius 3 is 2.63 bits per heavy atom. The van der Waals surface area contributed by atoms with E-state index in [0.717, 1.165) is 80.5 Å². The zero-order valence-electron chi connectivity index (χ0n) is 26.5. The van der Waals surface area contributed by atoms with Crippen LogP contribution in [0.2, 0.25) is 0 Å². The van der Waals surface area contributed by atoms with Crippen molar-refractivity contribution in [1.82, 2.24) is 14.9 Å². The van der Waals surface area contributed by atoms with Crippen LogP contribution in [0.4, 0.5) is 11.4 Å². The number of nitrogens with zero attached hydrogens (tertiary/aromatic N) is 3. The van der Waals surface area contributed by atoms with Crippen LogP contribution >= 0.6 is 23.5 Å². The van der Waals surface area contributed by atoms with Gasteiger partial charge in [0, 0.05) is 75.5 Å². The molecule has 2 fully saturated rings. The van der Waals surface area contributed by atoms with Crippen LogP contribution in [-0.4, -0.2) is 74.5 Å². The van der Waals surface area contributed by atoms with Crippen LogP contribution < -0.4 is 15.8 Å². The maximum absolute atomic E-state index is 12.8. The fraction of sp³-hybridized carbons (Fsp3) is 0.389. The molecular formula is C36H41N5O3S2. The number of morpholine rings is 1. The van der Waals surface area contributed by atoms with Gasteiger partial charge < -0.3 is 29.6 Å². The summed E-state index contributed by atoms with van der Waals surface area (Å²) >= 11 is 3.58. The second-order valence-corrected chi connectivity index (χ2v) is 14.4. The van der Waals surface area contributed by atoms with Gasteiger partial charge in [-0.2, -0.15) is 0 Å². The number of aryl methyl sites for hydroxylation is 1. The fourth-order valence-electron chi connectivity index (χ4n) is 6.59. The van der Waals surface area contributed by atoms with Crippen molar-refractivity contribution in [3.63, 3.8) is 0 Å². The minimum absolute atomic E-state index is 0.0838. The number of H-pyrrole nitrogens is 1. The molecule has 2 N–H and O–H groups in total. The monoisotopic (exact) mass is 655 g/mol. The van der Waals surface area contributed by atoms with Crippen molar-refractivity contribution in [2.24, 2.45) is 5.92 Å². The molecule has 7 rings (SSSR count). The summed E-state index contributed by atoms with van der Waals surface area (Å²) in [6.07, 6.45) is 4.23. The van der Waals surface area contributed by atoms with Crippen LogP contribution in [0, 0.1) is 12.8 Å². The minimum atomic E-state index is -0.0838. The summed E-state index contributed by atoms with van der Waals surface area (Å²) in [6, 6.07) is 21.4. The zero-order valence-corrected chi connectivity index (χ0v) is 28.1. The predicted molar refractivity (Wildman–Crippen MR) is 187 cm³/mol. The van der Waals surface area contributed by atoms with Crippen molar-refractivity contribution >= 4 is 34.9 Å². The summed E-state index contributed by atoms with van der Waals surface area (Å²) in [5, 5.41) is 3.92. The number of benzene rings is 2. The average Bonchev–Trinajstić information content (AvgIpc) is 3.09. The van der Waals surface area contributed by atoms with Gasteiger partial charge in [0.25, 0.3) is 0 Å². The number of ether oxygens (including phenoxy) is 2. The number of fused-ring (bicyclic) bond motifs is 2. The van der Waals surface area contributed by atoms with E-state index >= 15 is 0 Å². The van der Waals surface area contributed by atoms with Gasteiger partial charge in [0.2, 0.25) is 5.56 Å². The van der Waals surface area contributed by atoms with Crippen LogP contribution in [0.1, 0.15) is 30.1 Å². The highest BCUT2D eigenvalue weighted by molar-refractivity contribution is 8.05. The standard InChI is InChI=1S/C36H41N5O3S2/c1-24-6-8-29(37-23-24)35(25-10-12-40(13-11-25)14-17-43-2)38-26-7-9-31-33(20-26)45-32-5-3-4-28(36(32)46-31)30-21-27(22-34(42)39-30)41-15-18-44-19-16-41/h3-9,20-23,25,35,38H,10-19H2,1-2H3,(H,39,42). The molecule has 0 bridgehead atoms. The summed E-state index contributed by atoms with van der Waals surface area (Å²) in [6.45, 7) is 8.95. The molecule has 0 saturated carbocycles. The van der Waals surface area contributed by atoms with Gasteiger partial charge in [-0.3, -0.25) is 9.78 Å². The third kappa shape index (κ3) is 7.01. The first-order valence-electron chi connectivity index (χ1n) is 16.1. The van der Waals surface area contributed by atoms with E-state index in [1.807, 2.05) is 6.20 Å². The molecule has 0 spiro atoms. The molecule has 0 radical (unpaired) electrons. The topological polar surface area (TPSA) is 82.7 Å². The highest BCUT2D eigenvalue weighted by Gasteiger charge is 2.29. The number of piperidine rings is 1. The van der Waals surface area contributed by atoms with E-state index in [1.54, 1.807) is 36.7 Å². The molecule has 8 nitrogen and oxygen atoms in total. The fourth-order valence-corrected chi connectivity index (χ4v) is 9.00. The molecule has 1 atom stereocenters. The Morgan fingerprint density at radius 2 is 1.85 bits per heavy atom. The number of methoxy groups -OCH3 is 1. The predicted octanol–water partition coefficient (Wildman–Crippen LogP) is 6.71. The molecule has 0 aliphatic carbocycles. The summed E-state index contributed by atoms with van der Waals surface area (Å²) in [7, 11) is 1.77. The summed E-state index contributed by atoms with van der Waals surface area (Å²) in [4.78, 5) is 30.3. The molecule has 5 heterocycles. The normalized spacial score (nSPS) is 17.7. The van der Waals surface area contributed by atoms with Gasteiger partial charge in [-0.25, -0.2) is 0 Å². The quantitative estimate of drug-likeness (QED) is 0.180. The highest BCUT2D eigenvalue weighted by Crippen LogP contribution is 2.52. The second kappa shape index (κ2) is 14.2. The lowest BCUT2D eigenvalue weighted by Gasteiger charge is -2.36. The number of anilines is 2. The Labute approximate surface area is 279 Å². The minimum Gasteiger partial charge on any atom is -0.383 e. The first-order chi connectivity index (χ1) is 22.5. The Balaban J connectivity index is 1.12. The van der Waals surface area contributed by atoms with Gasteiger partial charge in [-0.1, -0.05) is 41.7 Å². The molecule has 2 saturated heterocycles. The number of likely N-dealkylation sites (tertiary alicyclic amines) is 1. The Bertz CT molecular complexity index is 1720. The van der Waals surface area contributed by atoms with Crippen LogP contribution in [0.25, 0.3) is 11.3 Å². The molecule has 2 aromatic carbocycles. The molecule has 10 heteroatoms. The molecule has 46 heavy (non-hydrogen) atoms. The van der Waals surface area contributed by atoms with Gasteiger partial charge in [0.05, 0.1) is 37.3 Å². The number of pyridine rings is 2. The van der Waals surface area contributed by atoms with Gasteiger partial charge in [-0.15, -0.1) is 0 Å². The van der Waals surface area contributed by atoms with Crippen molar-refractivity contribution in [3.05, 3.63) is 88.5 Å². The molecule has 1 unspecified atom stereocenters. The van der Waals surface area contributed by atoms with Gasteiger partial charge in [0.1, 0.15) is 0 Å². The van der Waals surface area contributed by atoms with E-state index in [1.165, 1.54) is 25.1 Å². The van der Waals surface area contributed by atoms with E-state index in [0.29, 0.717) is 19.1 Å². The lowest BCUT2D eigenvalue weighted by atomic mass is 9.87. The molecular weight excluding hydrogens is 615 g/mol. The van der Waals surface area contributed by atoms with Crippen LogP contribution in [0.3, 0.4) is 0 Å². The largest absolute Gasteiger partial charge is 0.383 e. The molecule has 240 valence electrons. The number of nitrogens with one attached hydrogen (secondary N) is 2. The number of hydrogen-bond acceptors (Lipinski definition) is 9. The Hall–Kier alpha value is -3.28. The average molecular weight is 656 g/mol. The van der Waals surface area contributed by atoms with Gasteiger partial charge >= 0.3 is 0 Å². The summed E-state index contributed by atoms with van der Waals surface area (Å²) in [5.41, 5.74) is 6.16. The molecule has 3 aliphatic rings. The number of rotatable bonds is 9. The van der Waals surface area contributed by atoms with Crippen molar-refractivity contribution in [1.29, 1.82) is 0 Å². The SMILES string of the molecule is COCCN1CCC(C(Nc2ccc3c(c2)Sc2cccc(-c4cc(N5CCOCC5)cc(=O)[nH]4)c2S3)c2ccc(C)cn2)CC1. The van der Waals surface area contributed by atoms with Crippen molar-refractivity contribution in [2.75, 3.05) is 69.9 Å². The maximum atomic E-state index is 12.8. The number of aromatic amines is 1. The molecule has 4 aromatic rings. The van der Waals surface area contributed by atoms with E-state index in [2.05, 4.69) is 81.6 Å². The maximum Gasteiger partial charge on any atom is 0.250 e. The van der Waals surface area contributed by atoms with Gasteiger partial charge in [-0.05, 0) is 80.7 Å². The lowest BCUT2D eigenvalue weighted by Crippen LogP contribution is -2.38. The van der Waals surface area contributed by atoms with Crippen LogP contribution in [-0.2, 0) is 9.47 Å². The Kier molecular flexibility index (Phi) is 9.69. The first kappa shape index (κ1) is 31.3. The van der Waals surface area contributed by atoms with E-state index in [9.17, 15) is 4.79 Å². The smallest absolute Gasteiger partial charge is 0.250 e. The second-order valence-electron chi connectivity index (χ2n) is 12.3. The first-order valence-corrected chi connectivity index (χ1v) is 17.8. The summed E-state index contributed by atoms with van der Waals surface area (Å²) < 4.78 is 10.8. The molecule has 2 aromatic heterocycles. The summed E-state index contributed by atoms with van der Waals surface area (Å²) in [5.74, 6) is 0.491. The number of hydrogen-bond donors (Lipinski definition) is 2. The van der Waals surface area contributed by atoms with Crippen LogP contribution in [0.5, 0.6) is 0 Å². The molecule has 0 amide bonds. The van der Waals surface area contributed by atoms with Gasteiger partial charge in [0.15, 0.2) is 0 Å². The third-order valence-corrected chi connectivity index (χ3v) is 11.7. The zero-order chi connectivity index (χ0) is 31.5. The molecule has 3 aliphatic heterocycles. The lowest BCUT2D eigenvalue weighted by molar-refractivity contribution is 0.116. The van der Waals surface area contributed by atoms with E-state index in [-0.39, 0.29) is 11.6 Å². The van der Waals surface area contributed by atoms with E-state index in [4.69, 9.17) is 14.5 Å². The Morgan fingerprint density at radius 1 is 1.00 bits per heavy atom. The van der Waals surface area contributed by atoms with Crippen molar-refractivity contribution < 1.29 is 9.47 Å². The van der Waals surface area contributed by atoms with Crippen LogP contribution in [0.15, 0.2) is 91.2 Å². The highest BCUT2D eigenvalue weighted by atomic mass is 32.2. The van der Waals surface area contributed by atoms with Crippen molar-refractivity contribution in [3.8, 4) is 11.3 Å². The third-order valence-electron chi connectivity index (χ3n) is 9.14. The van der Waals surface area contributed by atoms with Crippen molar-refractivity contribution in [2.45, 2.75) is 45.4 Å².